The third-order valence-electron chi connectivity index (χ3n) is 6.30. The molecule has 1 aliphatic rings. The van der Waals surface area contributed by atoms with Gasteiger partial charge in [-0.3, -0.25) is 9.59 Å². The number of thioether (sulfide) groups is 2. The minimum atomic E-state index is -0.500. The number of hydrogen-bond acceptors (Lipinski definition) is 5. The average molecular weight is 511 g/mol. The zero-order valence-corrected chi connectivity index (χ0v) is 21.6. The van der Waals surface area contributed by atoms with Crippen LogP contribution in [0.15, 0.2) is 65.7 Å². The first-order chi connectivity index (χ1) is 17.2. The molecular formula is C27H34N4O2S2. The minimum Gasteiger partial charge on any atom is -0.361 e. The molecule has 4 N–H and O–H groups in total. The number of H-pyrrole nitrogens is 1. The summed E-state index contributed by atoms with van der Waals surface area (Å²) in [5.74, 6) is 1.53. The summed E-state index contributed by atoms with van der Waals surface area (Å²) < 4.78 is 0. The lowest BCUT2D eigenvalue weighted by molar-refractivity contribution is -0.136. The van der Waals surface area contributed by atoms with Crippen molar-refractivity contribution in [1.29, 1.82) is 0 Å². The normalized spacial score (nSPS) is 19.3. The van der Waals surface area contributed by atoms with E-state index in [9.17, 15) is 9.59 Å². The number of nitrogens with one attached hydrogen (secondary N) is 2. The molecule has 1 aromatic heterocycles. The van der Waals surface area contributed by atoms with Gasteiger partial charge in [0.15, 0.2) is 0 Å². The second kappa shape index (κ2) is 13.0. The first kappa shape index (κ1) is 25.7. The monoisotopic (exact) mass is 510 g/mol. The fourth-order valence-electron chi connectivity index (χ4n) is 4.39. The largest absolute Gasteiger partial charge is 0.361 e. The van der Waals surface area contributed by atoms with Gasteiger partial charge in [0.05, 0.1) is 5.25 Å². The Bertz CT molecular complexity index is 1100. The summed E-state index contributed by atoms with van der Waals surface area (Å²) in [6.45, 7) is 1.90. The highest BCUT2D eigenvalue weighted by Gasteiger charge is 2.31. The predicted molar refractivity (Wildman–Crippen MR) is 147 cm³/mol. The van der Waals surface area contributed by atoms with Crippen LogP contribution in [0.4, 0.5) is 0 Å². The van der Waals surface area contributed by atoms with Gasteiger partial charge < -0.3 is 20.9 Å². The molecule has 2 atom stereocenters. The highest BCUT2D eigenvalue weighted by atomic mass is 32.2. The van der Waals surface area contributed by atoms with Crippen LogP contribution in [0, 0.1) is 0 Å². The van der Waals surface area contributed by atoms with E-state index in [-0.39, 0.29) is 17.1 Å². The number of amides is 2. The number of unbranched alkanes of at least 4 members (excludes halogenated alkanes) is 1. The van der Waals surface area contributed by atoms with E-state index in [0.29, 0.717) is 32.5 Å². The zero-order valence-electron chi connectivity index (χ0n) is 19.9. The van der Waals surface area contributed by atoms with Crippen molar-refractivity contribution in [2.24, 2.45) is 5.73 Å². The molecule has 2 aromatic carbocycles. The summed E-state index contributed by atoms with van der Waals surface area (Å²) in [5.41, 5.74) is 7.90. The second-order valence-electron chi connectivity index (χ2n) is 8.76. The molecule has 1 fully saturated rings. The smallest absolute Gasteiger partial charge is 0.245 e. The first-order valence-electron chi connectivity index (χ1n) is 12.3. The Kier molecular flexibility index (Phi) is 9.57. The van der Waals surface area contributed by atoms with Gasteiger partial charge in [0.1, 0.15) is 6.04 Å². The highest BCUT2D eigenvalue weighted by molar-refractivity contribution is 8.00. The number of nitrogens with two attached hydrogens (primary N) is 1. The topological polar surface area (TPSA) is 91.2 Å². The summed E-state index contributed by atoms with van der Waals surface area (Å²) in [5, 5.41) is 4.02. The van der Waals surface area contributed by atoms with Crippen molar-refractivity contribution in [3.63, 3.8) is 0 Å². The van der Waals surface area contributed by atoms with Gasteiger partial charge in [-0.25, -0.2) is 0 Å². The quantitative estimate of drug-likeness (QED) is 0.283. The van der Waals surface area contributed by atoms with E-state index in [1.807, 2.05) is 47.5 Å². The van der Waals surface area contributed by atoms with Crippen molar-refractivity contribution in [2.45, 2.75) is 41.9 Å². The van der Waals surface area contributed by atoms with E-state index in [4.69, 9.17) is 5.73 Å². The van der Waals surface area contributed by atoms with E-state index in [1.165, 1.54) is 4.90 Å². The molecule has 0 radical (unpaired) electrons. The van der Waals surface area contributed by atoms with Gasteiger partial charge >= 0.3 is 0 Å². The number of benzene rings is 2. The summed E-state index contributed by atoms with van der Waals surface area (Å²) in [6.07, 6.45) is 4.92. The van der Waals surface area contributed by atoms with Crippen molar-refractivity contribution >= 4 is 46.2 Å². The molecule has 2 heterocycles. The number of hydrogen-bond donors (Lipinski definition) is 3. The van der Waals surface area contributed by atoms with E-state index in [1.54, 1.807) is 23.5 Å². The minimum absolute atomic E-state index is 0.0253. The van der Waals surface area contributed by atoms with Crippen molar-refractivity contribution in [2.75, 3.05) is 31.1 Å². The van der Waals surface area contributed by atoms with Crippen LogP contribution in [0.5, 0.6) is 0 Å². The molecule has 3 aromatic rings. The van der Waals surface area contributed by atoms with Crippen molar-refractivity contribution < 1.29 is 9.59 Å². The van der Waals surface area contributed by atoms with Gasteiger partial charge in [0.2, 0.25) is 11.8 Å². The molecule has 0 unspecified atom stereocenters. The zero-order chi connectivity index (χ0) is 24.5. The van der Waals surface area contributed by atoms with Crippen LogP contribution < -0.4 is 11.1 Å². The van der Waals surface area contributed by atoms with Crippen molar-refractivity contribution in [1.82, 2.24) is 15.2 Å². The SMILES string of the molecule is NCCCC[C@H]1NC(=O)[C@@H](Cc2c[nH]c3ccccc23)SCCN(CCSc2ccccc2)C1=O. The third kappa shape index (κ3) is 7.06. The standard InChI is InChI=1S/C27H34N4O2S2/c28-13-7-6-12-24-27(33)31(14-16-34-21-8-2-1-3-9-21)15-17-35-25(26(32)30-24)18-20-19-29-23-11-5-4-10-22(20)23/h1-5,8-11,19,24-25,29H,6-7,12-18,28H2,(H,30,32)/t24-,25-/m1/s1. The van der Waals surface area contributed by atoms with Crippen molar-refractivity contribution in [3.8, 4) is 0 Å². The molecule has 0 aliphatic carbocycles. The Balaban J connectivity index is 1.45. The maximum Gasteiger partial charge on any atom is 0.245 e. The van der Waals surface area contributed by atoms with Crippen LogP contribution >= 0.6 is 23.5 Å². The highest BCUT2D eigenvalue weighted by Crippen LogP contribution is 2.25. The third-order valence-corrected chi connectivity index (χ3v) is 8.49. The molecule has 0 spiro atoms. The number of aromatic nitrogens is 1. The fraction of sp³-hybridized carbons (Fsp3) is 0.407. The maximum absolute atomic E-state index is 13.5. The Morgan fingerprint density at radius 1 is 1.06 bits per heavy atom. The van der Waals surface area contributed by atoms with Gasteiger partial charge in [0.25, 0.3) is 0 Å². The lowest BCUT2D eigenvalue weighted by Crippen LogP contribution is -2.50. The van der Waals surface area contributed by atoms with E-state index >= 15 is 0 Å². The van der Waals surface area contributed by atoms with Crippen LogP contribution in [-0.4, -0.2) is 64.1 Å². The summed E-state index contributed by atoms with van der Waals surface area (Å²) in [4.78, 5) is 33.3. The molecule has 1 saturated heterocycles. The fourth-order valence-corrected chi connectivity index (χ4v) is 6.41. The molecule has 6 nitrogen and oxygen atoms in total. The number of nitrogens with zero attached hydrogens (tertiary/aromatic N) is 1. The number of carbonyl (C=O) groups excluding carboxylic acids is 2. The van der Waals surface area contributed by atoms with E-state index in [0.717, 1.165) is 40.8 Å². The van der Waals surface area contributed by atoms with Gasteiger partial charge in [-0.2, -0.15) is 0 Å². The second-order valence-corrected chi connectivity index (χ2v) is 11.2. The molecule has 0 saturated carbocycles. The van der Waals surface area contributed by atoms with Gasteiger partial charge in [-0.05, 0) is 56.0 Å². The molecular weight excluding hydrogens is 476 g/mol. The van der Waals surface area contributed by atoms with E-state index in [2.05, 4.69) is 28.5 Å². The summed E-state index contributed by atoms with van der Waals surface area (Å²) in [6, 6.07) is 17.9. The Hall–Kier alpha value is -2.42. The molecule has 1 aliphatic heterocycles. The molecule has 2 amide bonds. The van der Waals surface area contributed by atoms with Crippen LogP contribution in [-0.2, 0) is 16.0 Å². The number of fused-ring (bicyclic) bond motifs is 1. The molecule has 4 rings (SSSR count). The lowest BCUT2D eigenvalue weighted by Gasteiger charge is -2.27. The lowest BCUT2D eigenvalue weighted by atomic mass is 10.1. The van der Waals surface area contributed by atoms with Crippen LogP contribution in [0.3, 0.4) is 0 Å². The van der Waals surface area contributed by atoms with Crippen LogP contribution in [0.2, 0.25) is 0 Å². The average Bonchev–Trinajstić information content (AvgIpc) is 3.30. The van der Waals surface area contributed by atoms with Gasteiger partial charge in [0, 0.05) is 46.6 Å². The Morgan fingerprint density at radius 2 is 1.86 bits per heavy atom. The number of rotatable bonds is 10. The Morgan fingerprint density at radius 3 is 2.69 bits per heavy atom. The van der Waals surface area contributed by atoms with Gasteiger partial charge in [-0.15, -0.1) is 23.5 Å². The molecule has 186 valence electrons. The molecule has 0 bridgehead atoms. The van der Waals surface area contributed by atoms with Gasteiger partial charge in [-0.1, -0.05) is 36.4 Å². The number of carbonyl (C=O) groups is 2. The Labute approximate surface area is 215 Å². The number of para-hydroxylation sites is 1. The number of aromatic amines is 1. The van der Waals surface area contributed by atoms with Crippen LogP contribution in [0.25, 0.3) is 10.9 Å². The summed E-state index contributed by atoms with van der Waals surface area (Å²) >= 11 is 3.40. The molecule has 35 heavy (non-hydrogen) atoms. The predicted octanol–water partition coefficient (Wildman–Crippen LogP) is 4.06. The van der Waals surface area contributed by atoms with E-state index < -0.39 is 6.04 Å². The van der Waals surface area contributed by atoms with Crippen molar-refractivity contribution in [3.05, 3.63) is 66.4 Å². The van der Waals surface area contributed by atoms with Crippen LogP contribution in [0.1, 0.15) is 24.8 Å². The maximum atomic E-state index is 13.5. The first-order valence-corrected chi connectivity index (χ1v) is 14.3. The summed E-state index contributed by atoms with van der Waals surface area (Å²) in [7, 11) is 0. The molecule has 8 heteroatoms.